The molecule has 3 N–H and O–H groups in total. The number of nitrogens with two attached hydrogens (primary N) is 1. The van der Waals surface area contributed by atoms with Crippen molar-refractivity contribution in [3.8, 4) is 0 Å². The number of unbranched alkanes of at least 4 members (excludes halogenated alkanes) is 5. The second kappa shape index (κ2) is 9.41. The fraction of sp³-hybridized carbons (Fsp3) is 0.700. The minimum Gasteiger partial charge on any atom is -0.394 e. The highest BCUT2D eigenvalue weighted by molar-refractivity contribution is 5.23. The Labute approximate surface area is 141 Å². The van der Waals surface area contributed by atoms with E-state index in [2.05, 4.69) is 36.1 Å². The molecule has 0 spiro atoms. The third-order valence-electron chi connectivity index (χ3n) is 5.03. The highest BCUT2D eigenvalue weighted by Crippen LogP contribution is 2.20. The van der Waals surface area contributed by atoms with Crippen LogP contribution in [0.25, 0.3) is 0 Å². The van der Waals surface area contributed by atoms with Crippen LogP contribution in [0.4, 0.5) is 0 Å². The number of hydrogen-bond acceptors (Lipinski definition) is 3. The van der Waals surface area contributed by atoms with E-state index < -0.39 is 5.54 Å². The van der Waals surface area contributed by atoms with Gasteiger partial charge in [0.15, 0.2) is 0 Å². The maximum Gasteiger partial charge on any atom is 0.0624 e. The molecule has 0 radical (unpaired) electrons. The number of aryl methyl sites for hydroxylation is 1. The van der Waals surface area contributed by atoms with E-state index in [4.69, 9.17) is 5.73 Å². The molecular weight excluding hydrogens is 284 g/mol. The van der Waals surface area contributed by atoms with E-state index in [9.17, 15) is 5.11 Å². The molecule has 1 fully saturated rings. The number of nitrogens with zero attached hydrogens (tertiary/aromatic N) is 1. The van der Waals surface area contributed by atoms with Crippen molar-refractivity contribution in [2.24, 2.45) is 5.73 Å². The summed E-state index contributed by atoms with van der Waals surface area (Å²) in [6.45, 7) is 5.07. The van der Waals surface area contributed by atoms with Crippen LogP contribution in [0.5, 0.6) is 0 Å². The van der Waals surface area contributed by atoms with Crippen molar-refractivity contribution >= 4 is 0 Å². The van der Waals surface area contributed by atoms with Crippen molar-refractivity contribution in [1.29, 1.82) is 0 Å². The van der Waals surface area contributed by atoms with Crippen LogP contribution < -0.4 is 5.73 Å². The normalized spacial score (nSPS) is 21.9. The van der Waals surface area contributed by atoms with Crippen molar-refractivity contribution in [3.63, 3.8) is 0 Å². The zero-order valence-electron chi connectivity index (χ0n) is 14.8. The monoisotopic (exact) mass is 318 g/mol. The molecule has 0 bridgehead atoms. The molecule has 1 heterocycles. The standard InChI is InChI=1S/C20H34N2O/c1-2-3-4-5-6-7-8-18-9-11-19(12-10-18)15-22-14-13-20(21,16-22)17-23/h9-12,23H,2-8,13-17,21H2,1H3. The van der Waals surface area contributed by atoms with Crippen LogP contribution in [-0.2, 0) is 13.0 Å². The van der Waals surface area contributed by atoms with Crippen molar-refractivity contribution in [2.45, 2.75) is 70.4 Å². The van der Waals surface area contributed by atoms with E-state index >= 15 is 0 Å². The molecule has 1 unspecified atom stereocenters. The Balaban J connectivity index is 1.68. The van der Waals surface area contributed by atoms with Crippen LogP contribution in [0, 0.1) is 0 Å². The van der Waals surface area contributed by atoms with Gasteiger partial charge < -0.3 is 10.8 Å². The molecule has 0 aliphatic carbocycles. The molecule has 0 aromatic heterocycles. The lowest BCUT2D eigenvalue weighted by molar-refractivity contribution is 0.192. The average molecular weight is 319 g/mol. The van der Waals surface area contributed by atoms with Gasteiger partial charge in [-0.15, -0.1) is 0 Å². The minimum absolute atomic E-state index is 0.0840. The number of hydrogen-bond donors (Lipinski definition) is 2. The Bertz CT molecular complexity index is 445. The Morgan fingerprint density at radius 1 is 1.04 bits per heavy atom. The summed E-state index contributed by atoms with van der Waals surface area (Å²) in [7, 11) is 0. The Morgan fingerprint density at radius 2 is 1.70 bits per heavy atom. The highest BCUT2D eigenvalue weighted by Gasteiger charge is 2.33. The number of benzene rings is 1. The molecule has 1 atom stereocenters. The van der Waals surface area contributed by atoms with Gasteiger partial charge in [-0.1, -0.05) is 63.3 Å². The second-order valence-electron chi connectivity index (χ2n) is 7.32. The maximum atomic E-state index is 9.34. The Hall–Kier alpha value is -0.900. The summed E-state index contributed by atoms with van der Waals surface area (Å²) in [5, 5.41) is 9.34. The maximum absolute atomic E-state index is 9.34. The lowest BCUT2D eigenvalue weighted by Crippen LogP contribution is -2.45. The highest BCUT2D eigenvalue weighted by atomic mass is 16.3. The van der Waals surface area contributed by atoms with Crippen molar-refractivity contribution in [3.05, 3.63) is 35.4 Å². The Morgan fingerprint density at radius 3 is 2.35 bits per heavy atom. The molecule has 23 heavy (non-hydrogen) atoms. The first kappa shape index (κ1) is 18.4. The van der Waals surface area contributed by atoms with E-state index in [1.165, 1.54) is 56.1 Å². The Kier molecular flexibility index (Phi) is 7.54. The van der Waals surface area contributed by atoms with Crippen molar-refractivity contribution in [1.82, 2.24) is 4.90 Å². The van der Waals surface area contributed by atoms with Gasteiger partial charge in [-0.3, -0.25) is 4.90 Å². The number of likely N-dealkylation sites (tertiary alicyclic amines) is 1. The van der Waals surface area contributed by atoms with Crippen LogP contribution in [0.1, 0.15) is 63.0 Å². The van der Waals surface area contributed by atoms with E-state index in [1.54, 1.807) is 0 Å². The van der Waals surface area contributed by atoms with Crippen LogP contribution in [0.2, 0.25) is 0 Å². The van der Waals surface area contributed by atoms with Gasteiger partial charge in [0, 0.05) is 19.6 Å². The lowest BCUT2D eigenvalue weighted by atomic mass is 10.0. The van der Waals surface area contributed by atoms with Crippen molar-refractivity contribution < 1.29 is 5.11 Å². The largest absolute Gasteiger partial charge is 0.394 e. The first-order chi connectivity index (χ1) is 11.1. The van der Waals surface area contributed by atoms with E-state index in [0.717, 1.165) is 26.1 Å². The molecular formula is C20H34N2O. The number of aliphatic hydroxyl groups excluding tert-OH is 1. The van der Waals surface area contributed by atoms with Gasteiger partial charge in [0.2, 0.25) is 0 Å². The summed E-state index contributed by atoms with van der Waals surface area (Å²) in [5.74, 6) is 0. The van der Waals surface area contributed by atoms with Gasteiger partial charge in [0.05, 0.1) is 12.1 Å². The predicted molar refractivity (Wildman–Crippen MR) is 97.4 cm³/mol. The summed E-state index contributed by atoms with van der Waals surface area (Å²) in [6, 6.07) is 9.06. The molecule has 1 aromatic rings. The van der Waals surface area contributed by atoms with E-state index in [0.29, 0.717) is 0 Å². The van der Waals surface area contributed by atoms with E-state index in [-0.39, 0.29) is 6.61 Å². The van der Waals surface area contributed by atoms with Gasteiger partial charge in [-0.25, -0.2) is 0 Å². The molecule has 1 saturated heterocycles. The zero-order chi connectivity index (χ0) is 16.5. The molecule has 1 aliphatic rings. The number of aliphatic hydroxyl groups is 1. The van der Waals surface area contributed by atoms with Crippen LogP contribution in [0.15, 0.2) is 24.3 Å². The average Bonchev–Trinajstić information content (AvgIpc) is 2.94. The summed E-state index contributed by atoms with van der Waals surface area (Å²) in [6.07, 6.45) is 10.2. The molecule has 1 aromatic carbocycles. The molecule has 0 amide bonds. The fourth-order valence-corrected chi connectivity index (χ4v) is 3.43. The summed E-state index contributed by atoms with van der Waals surface area (Å²) < 4.78 is 0. The third kappa shape index (κ3) is 6.25. The minimum atomic E-state index is -0.391. The zero-order valence-corrected chi connectivity index (χ0v) is 14.8. The molecule has 2 rings (SSSR count). The summed E-state index contributed by atoms with van der Waals surface area (Å²) in [4.78, 5) is 2.35. The third-order valence-corrected chi connectivity index (χ3v) is 5.03. The molecule has 3 nitrogen and oxygen atoms in total. The lowest BCUT2D eigenvalue weighted by Gasteiger charge is -2.22. The van der Waals surface area contributed by atoms with E-state index in [1.807, 2.05) is 0 Å². The fourth-order valence-electron chi connectivity index (χ4n) is 3.43. The quantitative estimate of drug-likeness (QED) is 0.649. The molecule has 3 heteroatoms. The number of rotatable bonds is 10. The van der Waals surface area contributed by atoms with Gasteiger partial charge >= 0.3 is 0 Å². The molecule has 1 aliphatic heterocycles. The van der Waals surface area contributed by atoms with Gasteiger partial charge in [-0.2, -0.15) is 0 Å². The molecule has 0 saturated carbocycles. The summed E-state index contributed by atoms with van der Waals surface area (Å²) in [5.41, 5.74) is 8.54. The molecule has 130 valence electrons. The van der Waals surface area contributed by atoms with Crippen LogP contribution in [0.3, 0.4) is 0 Å². The van der Waals surface area contributed by atoms with Crippen molar-refractivity contribution in [2.75, 3.05) is 19.7 Å². The van der Waals surface area contributed by atoms with Gasteiger partial charge in [0.25, 0.3) is 0 Å². The first-order valence-corrected chi connectivity index (χ1v) is 9.35. The second-order valence-corrected chi connectivity index (χ2v) is 7.32. The van der Waals surface area contributed by atoms with Gasteiger partial charge in [0.1, 0.15) is 0 Å². The SMILES string of the molecule is CCCCCCCCc1ccc(CN2CCC(N)(CO)C2)cc1. The topological polar surface area (TPSA) is 49.5 Å². The van der Waals surface area contributed by atoms with Gasteiger partial charge in [-0.05, 0) is 30.4 Å². The summed E-state index contributed by atoms with van der Waals surface area (Å²) >= 11 is 0. The van der Waals surface area contributed by atoms with Crippen LogP contribution >= 0.6 is 0 Å². The van der Waals surface area contributed by atoms with Crippen LogP contribution in [-0.4, -0.2) is 35.2 Å². The predicted octanol–water partition coefficient (Wildman–Crippen LogP) is 3.49. The first-order valence-electron chi connectivity index (χ1n) is 9.35. The smallest absolute Gasteiger partial charge is 0.0624 e.